The molecule has 30 heavy (non-hydrogen) atoms. The molecule has 1 fully saturated rings. The Morgan fingerprint density at radius 1 is 1.03 bits per heavy atom. The van der Waals surface area contributed by atoms with Crippen molar-refractivity contribution in [3.63, 3.8) is 0 Å². The fraction of sp³-hybridized carbons (Fsp3) is 0.417. The molecule has 0 spiro atoms. The van der Waals surface area contributed by atoms with Crippen LogP contribution in [0.5, 0.6) is 11.5 Å². The van der Waals surface area contributed by atoms with E-state index in [0.29, 0.717) is 30.2 Å². The highest BCUT2D eigenvalue weighted by molar-refractivity contribution is 5.95. The lowest BCUT2D eigenvalue weighted by atomic mass is 9.84. The van der Waals surface area contributed by atoms with Crippen LogP contribution < -0.4 is 14.8 Å². The molecule has 1 N–H and O–H groups in total. The monoisotopic (exact) mass is 410 g/mol. The van der Waals surface area contributed by atoms with E-state index in [1.807, 2.05) is 30.3 Å². The van der Waals surface area contributed by atoms with Gasteiger partial charge in [0.25, 0.3) is 5.91 Å². The Kier molecular flexibility index (Phi) is 6.98. The van der Waals surface area contributed by atoms with E-state index in [1.54, 1.807) is 44.3 Å². The van der Waals surface area contributed by atoms with E-state index in [1.165, 1.54) is 0 Å². The molecule has 6 nitrogen and oxygen atoms in total. The third-order valence-electron chi connectivity index (χ3n) is 5.67. The van der Waals surface area contributed by atoms with E-state index in [0.717, 1.165) is 31.2 Å². The smallest absolute Gasteiger partial charge is 0.251 e. The third-order valence-corrected chi connectivity index (χ3v) is 5.67. The fourth-order valence-corrected chi connectivity index (χ4v) is 4.01. The summed E-state index contributed by atoms with van der Waals surface area (Å²) < 4.78 is 11.3. The van der Waals surface area contributed by atoms with E-state index in [9.17, 15) is 9.59 Å². The van der Waals surface area contributed by atoms with Crippen molar-refractivity contribution in [2.45, 2.75) is 32.3 Å². The molecular formula is C24H30N2O4. The van der Waals surface area contributed by atoms with Crippen molar-refractivity contribution in [1.29, 1.82) is 0 Å². The van der Waals surface area contributed by atoms with Crippen LogP contribution in [0.15, 0.2) is 48.5 Å². The zero-order chi connectivity index (χ0) is 21.6. The largest absolute Gasteiger partial charge is 0.493 e. The quantitative estimate of drug-likeness (QED) is 0.721. The first-order valence-corrected chi connectivity index (χ1v) is 10.3. The minimum Gasteiger partial charge on any atom is -0.493 e. The molecule has 3 rings (SSSR count). The molecule has 160 valence electrons. The highest BCUT2D eigenvalue weighted by Crippen LogP contribution is 2.39. The van der Waals surface area contributed by atoms with Crippen molar-refractivity contribution in [2.75, 3.05) is 27.7 Å². The van der Waals surface area contributed by atoms with Crippen molar-refractivity contribution < 1.29 is 19.1 Å². The molecule has 0 radical (unpaired) electrons. The van der Waals surface area contributed by atoms with E-state index >= 15 is 0 Å². The number of ether oxygens (including phenoxy) is 2. The predicted molar refractivity (Wildman–Crippen MR) is 116 cm³/mol. The standard InChI is InChI=1S/C24H30N2O4/c1-26(2)23(28)24(13-7-8-14-24)17-25-22(27)19-11-12-20(21(15-19)29-3)30-16-18-9-5-4-6-10-18/h4-6,9-12,15H,7-8,13-14,16-17H2,1-3H3,(H,25,27). The number of nitrogens with zero attached hydrogens (tertiary/aromatic N) is 1. The lowest BCUT2D eigenvalue weighted by Gasteiger charge is -2.30. The minimum absolute atomic E-state index is 0.0857. The number of hydrogen-bond donors (Lipinski definition) is 1. The highest BCUT2D eigenvalue weighted by Gasteiger charge is 2.42. The second kappa shape index (κ2) is 9.65. The molecule has 1 aliphatic rings. The van der Waals surface area contributed by atoms with Crippen LogP contribution in [0.3, 0.4) is 0 Å². The van der Waals surface area contributed by atoms with Crippen LogP contribution in [-0.2, 0) is 11.4 Å². The van der Waals surface area contributed by atoms with Crippen LogP contribution in [0.4, 0.5) is 0 Å². The third kappa shape index (κ3) is 4.93. The number of hydrogen-bond acceptors (Lipinski definition) is 4. The second-order valence-corrected chi connectivity index (χ2v) is 8.01. The Labute approximate surface area is 178 Å². The zero-order valence-corrected chi connectivity index (χ0v) is 17.9. The van der Waals surface area contributed by atoms with Gasteiger partial charge < -0.3 is 19.7 Å². The number of methoxy groups -OCH3 is 1. The van der Waals surface area contributed by atoms with Gasteiger partial charge in [-0.05, 0) is 36.6 Å². The van der Waals surface area contributed by atoms with E-state index in [-0.39, 0.29) is 11.8 Å². The van der Waals surface area contributed by atoms with E-state index in [4.69, 9.17) is 9.47 Å². The summed E-state index contributed by atoms with van der Waals surface area (Å²) in [5, 5.41) is 2.96. The maximum absolute atomic E-state index is 12.8. The van der Waals surface area contributed by atoms with Gasteiger partial charge in [-0.3, -0.25) is 9.59 Å². The molecule has 0 bridgehead atoms. The highest BCUT2D eigenvalue weighted by atomic mass is 16.5. The summed E-state index contributed by atoms with van der Waals surface area (Å²) in [5.41, 5.74) is 1.03. The average molecular weight is 411 g/mol. The molecule has 1 saturated carbocycles. The van der Waals surface area contributed by atoms with Crippen LogP contribution in [0.1, 0.15) is 41.6 Å². The minimum atomic E-state index is -0.498. The van der Waals surface area contributed by atoms with Crippen molar-refractivity contribution in [3.8, 4) is 11.5 Å². The van der Waals surface area contributed by atoms with Gasteiger partial charge in [0.2, 0.25) is 5.91 Å². The van der Waals surface area contributed by atoms with Gasteiger partial charge in [-0.2, -0.15) is 0 Å². The topological polar surface area (TPSA) is 67.9 Å². The fourth-order valence-electron chi connectivity index (χ4n) is 4.01. The molecule has 0 aromatic heterocycles. The molecule has 0 saturated heterocycles. The Balaban J connectivity index is 1.66. The van der Waals surface area contributed by atoms with Gasteiger partial charge in [-0.1, -0.05) is 43.2 Å². The van der Waals surface area contributed by atoms with Crippen molar-refractivity contribution in [1.82, 2.24) is 10.2 Å². The van der Waals surface area contributed by atoms with Gasteiger partial charge in [-0.15, -0.1) is 0 Å². The number of amides is 2. The Morgan fingerprint density at radius 2 is 1.73 bits per heavy atom. The molecule has 6 heteroatoms. The number of rotatable bonds is 8. The van der Waals surface area contributed by atoms with E-state index in [2.05, 4.69) is 5.32 Å². The summed E-state index contributed by atoms with van der Waals surface area (Å²) in [5.74, 6) is 0.940. The summed E-state index contributed by atoms with van der Waals surface area (Å²) >= 11 is 0. The summed E-state index contributed by atoms with van der Waals surface area (Å²) in [4.78, 5) is 27.1. The van der Waals surface area contributed by atoms with Crippen LogP contribution in [0, 0.1) is 5.41 Å². The first-order chi connectivity index (χ1) is 14.4. The first kappa shape index (κ1) is 21.7. The zero-order valence-electron chi connectivity index (χ0n) is 17.9. The normalized spacial score (nSPS) is 14.8. The lowest BCUT2D eigenvalue weighted by molar-refractivity contribution is -0.138. The summed E-state index contributed by atoms with van der Waals surface area (Å²) in [6.45, 7) is 0.759. The summed E-state index contributed by atoms with van der Waals surface area (Å²) in [6.07, 6.45) is 3.63. The second-order valence-electron chi connectivity index (χ2n) is 8.01. The van der Waals surface area contributed by atoms with Gasteiger partial charge in [-0.25, -0.2) is 0 Å². The van der Waals surface area contributed by atoms with Crippen molar-refractivity contribution in [2.24, 2.45) is 5.41 Å². The number of carbonyl (C=O) groups excluding carboxylic acids is 2. The number of carbonyl (C=O) groups is 2. The number of nitrogens with one attached hydrogen (secondary N) is 1. The van der Waals surface area contributed by atoms with Crippen molar-refractivity contribution in [3.05, 3.63) is 59.7 Å². The van der Waals surface area contributed by atoms with Crippen LogP contribution >= 0.6 is 0 Å². The molecular weight excluding hydrogens is 380 g/mol. The SMILES string of the molecule is COc1cc(C(=O)NCC2(C(=O)N(C)C)CCCC2)ccc1OCc1ccccc1. The number of benzene rings is 2. The molecule has 2 amide bonds. The molecule has 2 aromatic rings. The van der Waals surface area contributed by atoms with Crippen LogP contribution in [-0.4, -0.2) is 44.5 Å². The molecule has 1 aliphatic carbocycles. The van der Waals surface area contributed by atoms with Gasteiger partial charge >= 0.3 is 0 Å². The molecule has 0 aliphatic heterocycles. The summed E-state index contributed by atoms with van der Waals surface area (Å²) in [6, 6.07) is 15.0. The van der Waals surface area contributed by atoms with E-state index < -0.39 is 5.41 Å². The van der Waals surface area contributed by atoms with Gasteiger partial charge in [0.1, 0.15) is 6.61 Å². The first-order valence-electron chi connectivity index (χ1n) is 10.3. The summed E-state index contributed by atoms with van der Waals surface area (Å²) in [7, 11) is 5.09. The van der Waals surface area contributed by atoms with Gasteiger partial charge in [0.15, 0.2) is 11.5 Å². The lowest BCUT2D eigenvalue weighted by Crippen LogP contribution is -2.46. The Hall–Kier alpha value is -3.02. The maximum Gasteiger partial charge on any atom is 0.251 e. The molecule has 0 atom stereocenters. The Morgan fingerprint density at radius 3 is 2.37 bits per heavy atom. The predicted octanol–water partition coefficient (Wildman–Crippen LogP) is 3.65. The van der Waals surface area contributed by atoms with Crippen LogP contribution in [0.2, 0.25) is 0 Å². The molecule has 2 aromatic carbocycles. The van der Waals surface area contributed by atoms with Gasteiger partial charge in [0, 0.05) is 26.2 Å². The Bertz CT molecular complexity index is 874. The van der Waals surface area contributed by atoms with Crippen molar-refractivity contribution >= 4 is 11.8 Å². The average Bonchev–Trinajstić information content (AvgIpc) is 3.26. The van der Waals surface area contributed by atoms with Gasteiger partial charge in [0.05, 0.1) is 12.5 Å². The maximum atomic E-state index is 12.8. The molecule has 0 unspecified atom stereocenters. The molecule has 0 heterocycles. The van der Waals surface area contributed by atoms with Crippen LogP contribution in [0.25, 0.3) is 0 Å².